The van der Waals surface area contributed by atoms with Gasteiger partial charge in [0.1, 0.15) is 24.2 Å². The molecule has 4 aromatic carbocycles. The van der Waals surface area contributed by atoms with Crippen LogP contribution in [-0.2, 0) is 22.2 Å². The second kappa shape index (κ2) is 22.0. The number of unbranched alkanes of at least 4 members (excludes halogenated alkanes) is 3. The first-order valence-electron chi connectivity index (χ1n) is 24.1. The van der Waals surface area contributed by atoms with Crippen molar-refractivity contribution in [3.05, 3.63) is 146 Å². The minimum atomic E-state index is -0.476. The standard InChI is InChI=1S/C55H70N6O4/c1-54(2)43-25-12-14-27-45(43)59(5)47(54)29-9-6-10-30-48-55(3,4)44-26-13-15-28-46(44)61(48)37-20-7-11-31-49(62)56-32-16-17-33-57-50-51(53(64)52(50)63)58-34-22-38-65-42-24-21-23-41(39-42)40-60-35-18-8-19-36-60/h6,9-10,12-15,21,23-30,39H,7-8,11,16-20,22,31-38,40H2,1-5H3,(H2-,56,57,58,62,63,64)/p+1. The number of hydrogen-bond donors (Lipinski definition) is 3. The number of nitrogens with one attached hydrogen (secondary N) is 3. The van der Waals surface area contributed by atoms with Crippen LogP contribution >= 0.6 is 0 Å². The number of carbonyl (C=O) groups is 1. The molecule has 4 aromatic rings. The third-order valence-corrected chi connectivity index (χ3v) is 13.5. The minimum absolute atomic E-state index is 0.0538. The number of hydrogen-bond acceptors (Lipinski definition) is 8. The van der Waals surface area contributed by atoms with Crippen molar-refractivity contribution in [2.45, 2.75) is 109 Å². The van der Waals surface area contributed by atoms with Gasteiger partial charge in [-0.05, 0) is 107 Å². The molecular weight excluding hydrogens is 809 g/mol. The van der Waals surface area contributed by atoms with E-state index in [0.29, 0.717) is 50.5 Å². The summed E-state index contributed by atoms with van der Waals surface area (Å²) in [7, 11) is 2.15. The molecule has 0 atom stereocenters. The van der Waals surface area contributed by atoms with Gasteiger partial charge in [-0.25, -0.2) is 0 Å². The number of allylic oxidation sites excluding steroid dienone is 6. The number of para-hydroxylation sites is 2. The van der Waals surface area contributed by atoms with Crippen LogP contribution in [-0.4, -0.2) is 74.0 Å². The van der Waals surface area contributed by atoms with E-state index in [-0.39, 0.29) is 16.7 Å². The summed E-state index contributed by atoms with van der Waals surface area (Å²) in [6.45, 7) is 15.5. The van der Waals surface area contributed by atoms with Crippen molar-refractivity contribution in [3.8, 4) is 5.75 Å². The first-order valence-corrected chi connectivity index (χ1v) is 24.1. The van der Waals surface area contributed by atoms with Gasteiger partial charge < -0.3 is 25.6 Å². The van der Waals surface area contributed by atoms with Crippen molar-refractivity contribution >= 4 is 34.4 Å². The van der Waals surface area contributed by atoms with Crippen LogP contribution in [0, 0.1) is 0 Å². The Bertz CT molecular complexity index is 2460. The lowest BCUT2D eigenvalue weighted by atomic mass is 9.81. The number of carbonyl (C=O) groups excluding carboxylic acids is 1. The molecule has 0 saturated carbocycles. The summed E-state index contributed by atoms with van der Waals surface area (Å²) < 4.78 is 8.29. The predicted octanol–water partition coefficient (Wildman–Crippen LogP) is 9.52. The normalized spacial score (nSPS) is 17.4. The second-order valence-corrected chi connectivity index (χ2v) is 19.0. The number of nitrogens with zero attached hydrogens (tertiary/aromatic N) is 3. The predicted molar refractivity (Wildman–Crippen MR) is 268 cm³/mol. The number of amides is 1. The maximum absolute atomic E-state index is 12.7. The Morgan fingerprint density at radius 3 is 2.22 bits per heavy atom. The number of anilines is 3. The quantitative estimate of drug-likeness (QED) is 0.0293. The van der Waals surface area contributed by atoms with E-state index in [1.807, 2.05) is 12.1 Å². The molecule has 0 unspecified atom stereocenters. The molecule has 3 N–H and O–H groups in total. The fraction of sp³-hybridized carbons (Fsp3) is 0.455. The van der Waals surface area contributed by atoms with Gasteiger partial charge in [0.05, 0.1) is 12.0 Å². The van der Waals surface area contributed by atoms with Crippen molar-refractivity contribution in [2.75, 3.05) is 68.5 Å². The van der Waals surface area contributed by atoms with Gasteiger partial charge in [-0.3, -0.25) is 19.3 Å². The molecule has 0 aliphatic carbocycles. The molecule has 10 heteroatoms. The van der Waals surface area contributed by atoms with Crippen LogP contribution < -0.4 is 36.4 Å². The molecule has 344 valence electrons. The van der Waals surface area contributed by atoms with Crippen LogP contribution in [0.1, 0.15) is 109 Å². The molecule has 3 aliphatic heterocycles. The number of benzene rings is 3. The molecule has 1 saturated heterocycles. The van der Waals surface area contributed by atoms with E-state index in [1.165, 1.54) is 58.7 Å². The summed E-state index contributed by atoms with van der Waals surface area (Å²) in [5.41, 5.74) is 8.65. The van der Waals surface area contributed by atoms with Crippen LogP contribution in [0.25, 0.3) is 0 Å². The Hall–Kier alpha value is -5.74. The lowest BCUT2D eigenvalue weighted by Crippen LogP contribution is -2.38. The highest BCUT2D eigenvalue weighted by Crippen LogP contribution is 2.47. The third kappa shape index (κ3) is 11.4. The Balaban J connectivity index is 0.773. The molecule has 0 radical (unpaired) electrons. The lowest BCUT2D eigenvalue weighted by molar-refractivity contribution is -0.401. The number of ether oxygens (including phenoxy) is 1. The summed E-state index contributed by atoms with van der Waals surface area (Å²) in [5, 5.41) is 9.34. The molecule has 3 aliphatic rings. The Kier molecular flexibility index (Phi) is 16.0. The zero-order valence-corrected chi connectivity index (χ0v) is 39.5. The highest BCUT2D eigenvalue weighted by atomic mass is 16.5. The molecule has 1 fully saturated rings. The molecule has 10 nitrogen and oxygen atoms in total. The van der Waals surface area contributed by atoms with E-state index in [0.717, 1.165) is 64.0 Å². The molecule has 0 spiro atoms. The van der Waals surface area contributed by atoms with E-state index in [4.69, 9.17) is 4.74 Å². The van der Waals surface area contributed by atoms with E-state index < -0.39 is 10.9 Å². The van der Waals surface area contributed by atoms with Crippen molar-refractivity contribution in [1.82, 2.24) is 10.2 Å². The van der Waals surface area contributed by atoms with Gasteiger partial charge in [0.2, 0.25) is 11.6 Å². The van der Waals surface area contributed by atoms with Gasteiger partial charge in [0.15, 0.2) is 5.71 Å². The van der Waals surface area contributed by atoms with E-state index in [1.54, 1.807) is 0 Å². The monoisotopic (exact) mass is 880 g/mol. The van der Waals surface area contributed by atoms with Crippen molar-refractivity contribution in [1.29, 1.82) is 0 Å². The van der Waals surface area contributed by atoms with Crippen molar-refractivity contribution in [2.24, 2.45) is 0 Å². The lowest BCUT2D eigenvalue weighted by Gasteiger charge is -2.27. The largest absolute Gasteiger partial charge is 0.494 e. The van der Waals surface area contributed by atoms with Gasteiger partial charge in [0.25, 0.3) is 10.9 Å². The Labute approximate surface area is 386 Å². The highest BCUT2D eigenvalue weighted by Gasteiger charge is 2.42. The summed E-state index contributed by atoms with van der Waals surface area (Å²) >= 11 is 0. The molecule has 0 aromatic heterocycles. The summed E-state index contributed by atoms with van der Waals surface area (Å²) in [6.07, 6.45) is 20.4. The first kappa shape index (κ1) is 47.2. The van der Waals surface area contributed by atoms with Crippen LogP contribution in [0.5, 0.6) is 5.75 Å². The van der Waals surface area contributed by atoms with Gasteiger partial charge in [0, 0.05) is 73.6 Å². The van der Waals surface area contributed by atoms with Gasteiger partial charge in [-0.1, -0.05) is 93.4 Å². The fourth-order valence-corrected chi connectivity index (χ4v) is 9.87. The van der Waals surface area contributed by atoms with Crippen LogP contribution in [0.2, 0.25) is 0 Å². The molecular formula is C55H71N6O4+. The molecule has 65 heavy (non-hydrogen) atoms. The van der Waals surface area contributed by atoms with E-state index in [9.17, 15) is 14.4 Å². The van der Waals surface area contributed by atoms with Crippen LogP contribution in [0.4, 0.5) is 22.7 Å². The summed E-state index contributed by atoms with van der Waals surface area (Å²) in [5.74, 6) is 0.928. The van der Waals surface area contributed by atoms with Crippen molar-refractivity contribution < 1.29 is 14.1 Å². The summed E-state index contributed by atoms with van der Waals surface area (Å²) in [4.78, 5) is 42.2. The molecule has 7 rings (SSSR count). The SMILES string of the molecule is C[N+]1=C(/C=C/C=C/C=C2\N(CCCCCC(=O)NCCCCNc3c(NCCCOc4cccc(CN5CCCCC5)c4)c(=O)c3=O)c3ccccc3C2(C)C)C(C)(C)c2ccccc21. The van der Waals surface area contributed by atoms with E-state index in [2.05, 4.69) is 156 Å². The van der Waals surface area contributed by atoms with Crippen LogP contribution in [0.3, 0.4) is 0 Å². The topological polar surface area (TPSA) is 106 Å². The number of piperidine rings is 1. The van der Waals surface area contributed by atoms with Gasteiger partial charge in [-0.2, -0.15) is 4.58 Å². The summed E-state index contributed by atoms with van der Waals surface area (Å²) in [6, 6.07) is 25.7. The van der Waals surface area contributed by atoms with Crippen LogP contribution in [0.15, 0.2) is 118 Å². The first-order chi connectivity index (χ1) is 31.5. The average molecular weight is 880 g/mol. The highest BCUT2D eigenvalue weighted by molar-refractivity contribution is 6.03. The van der Waals surface area contributed by atoms with E-state index >= 15 is 0 Å². The smallest absolute Gasteiger partial charge is 0.253 e. The Morgan fingerprint density at radius 2 is 1.45 bits per heavy atom. The third-order valence-electron chi connectivity index (χ3n) is 13.5. The van der Waals surface area contributed by atoms with Crippen molar-refractivity contribution in [3.63, 3.8) is 0 Å². The van der Waals surface area contributed by atoms with Gasteiger partial charge >= 0.3 is 0 Å². The van der Waals surface area contributed by atoms with Gasteiger partial charge in [-0.15, -0.1) is 0 Å². The molecule has 3 heterocycles. The molecule has 0 bridgehead atoms. The minimum Gasteiger partial charge on any atom is -0.494 e. The Morgan fingerprint density at radius 1 is 0.738 bits per heavy atom. The fourth-order valence-electron chi connectivity index (χ4n) is 9.87. The zero-order valence-electron chi connectivity index (χ0n) is 39.5. The maximum Gasteiger partial charge on any atom is 0.253 e. The average Bonchev–Trinajstić information content (AvgIpc) is 3.64. The zero-order chi connectivity index (χ0) is 45.8. The maximum atomic E-state index is 12.7. The number of rotatable bonds is 23. The molecule has 1 amide bonds. The number of likely N-dealkylation sites (tertiary alicyclic amines) is 1. The number of fused-ring (bicyclic) bond motifs is 2. The second-order valence-electron chi connectivity index (χ2n) is 19.0.